The lowest BCUT2D eigenvalue weighted by atomic mass is 10.4. The molecule has 0 spiro atoms. The predicted octanol–water partition coefficient (Wildman–Crippen LogP) is 0.923. The van der Waals surface area contributed by atoms with Gasteiger partial charge in [-0.3, -0.25) is 4.79 Å². The Bertz CT molecular complexity index is 255. The highest BCUT2D eigenvalue weighted by Gasteiger charge is 2.31. The van der Waals surface area contributed by atoms with Gasteiger partial charge in [0.1, 0.15) is 6.26 Å². The number of esters is 2. The number of carbonyl (C=O) groups excluding carboxylic acids is 2. The van der Waals surface area contributed by atoms with Gasteiger partial charge in [0.2, 0.25) is 5.83 Å². The van der Waals surface area contributed by atoms with Crippen LogP contribution in [0.2, 0.25) is 0 Å². The molecule has 0 atom stereocenters. The molecular weight excluding hydrogens is 179 g/mol. The fourth-order valence-electron chi connectivity index (χ4n) is 0.671. The molecule has 0 aromatic heterocycles. The maximum Gasteiger partial charge on any atom is 0.370 e. The Hall–Kier alpha value is -1.39. The first-order valence-corrected chi connectivity index (χ1v) is 3.79. The molecular formula is C8H9FO4. The van der Waals surface area contributed by atoms with Crippen LogP contribution in [-0.4, -0.2) is 19.0 Å². The Morgan fingerprint density at radius 3 is 2.54 bits per heavy atom. The van der Waals surface area contributed by atoms with Gasteiger partial charge in [-0.2, -0.15) is 4.39 Å². The summed E-state index contributed by atoms with van der Waals surface area (Å²) in [6.07, 6.45) is 2.02. The van der Waals surface area contributed by atoms with Crippen LogP contribution < -0.4 is 0 Å². The summed E-state index contributed by atoms with van der Waals surface area (Å²) in [6.45, 7) is 0. The van der Waals surface area contributed by atoms with Crippen LogP contribution in [0.25, 0.3) is 0 Å². The molecule has 1 aliphatic rings. The molecule has 0 aromatic carbocycles. The lowest BCUT2D eigenvalue weighted by molar-refractivity contribution is -0.140. The second-order valence-electron chi connectivity index (χ2n) is 2.67. The molecule has 1 rings (SSSR count). The van der Waals surface area contributed by atoms with Gasteiger partial charge in [-0.05, 0) is 12.8 Å². The van der Waals surface area contributed by atoms with E-state index >= 15 is 0 Å². The van der Waals surface area contributed by atoms with Crippen molar-refractivity contribution in [1.82, 2.24) is 0 Å². The molecule has 1 aliphatic carbocycles. The van der Waals surface area contributed by atoms with Crippen LogP contribution in [0.3, 0.4) is 0 Å². The molecule has 1 saturated carbocycles. The lowest BCUT2D eigenvalue weighted by Crippen LogP contribution is -2.05. The molecule has 13 heavy (non-hydrogen) atoms. The van der Waals surface area contributed by atoms with E-state index in [1.165, 1.54) is 0 Å². The Balaban J connectivity index is 2.37. The van der Waals surface area contributed by atoms with E-state index in [4.69, 9.17) is 0 Å². The monoisotopic (exact) mass is 188 g/mol. The molecule has 0 amide bonds. The number of hydrogen-bond donors (Lipinski definition) is 0. The number of halogens is 1. The molecule has 72 valence electrons. The molecule has 0 saturated heterocycles. The molecule has 0 heterocycles. The maximum absolute atomic E-state index is 12.6. The predicted molar refractivity (Wildman–Crippen MR) is 40.0 cm³/mol. The first kappa shape index (κ1) is 9.70. The van der Waals surface area contributed by atoms with Crippen molar-refractivity contribution in [3.05, 3.63) is 12.1 Å². The van der Waals surface area contributed by atoms with Gasteiger partial charge >= 0.3 is 11.9 Å². The average Bonchev–Trinajstić information content (AvgIpc) is 2.95. The smallest absolute Gasteiger partial charge is 0.370 e. The van der Waals surface area contributed by atoms with Crippen LogP contribution in [0.4, 0.5) is 4.39 Å². The second-order valence-corrected chi connectivity index (χ2v) is 2.67. The van der Waals surface area contributed by atoms with Crippen LogP contribution >= 0.6 is 0 Å². The van der Waals surface area contributed by atoms with E-state index in [9.17, 15) is 14.0 Å². The van der Waals surface area contributed by atoms with E-state index in [2.05, 4.69) is 9.47 Å². The number of methoxy groups -OCH3 is 1. The maximum atomic E-state index is 12.6. The van der Waals surface area contributed by atoms with Crippen molar-refractivity contribution >= 4 is 11.9 Å². The molecule has 0 bridgehead atoms. The Kier molecular flexibility index (Phi) is 3.00. The minimum absolute atomic E-state index is 0.123. The van der Waals surface area contributed by atoms with Crippen molar-refractivity contribution in [1.29, 1.82) is 0 Å². The molecule has 5 heteroatoms. The van der Waals surface area contributed by atoms with Gasteiger partial charge in [0.15, 0.2) is 0 Å². The average molecular weight is 188 g/mol. The summed E-state index contributed by atoms with van der Waals surface area (Å²) in [5.74, 6) is -2.99. The number of ether oxygens (including phenoxy) is 2. The lowest BCUT2D eigenvalue weighted by Gasteiger charge is -1.96. The summed E-state index contributed by atoms with van der Waals surface area (Å²) in [6, 6.07) is 0. The quantitative estimate of drug-likeness (QED) is 0.375. The second kappa shape index (κ2) is 4.02. The highest BCUT2D eigenvalue weighted by molar-refractivity contribution is 5.86. The van der Waals surface area contributed by atoms with Crippen molar-refractivity contribution < 1.29 is 23.5 Å². The van der Waals surface area contributed by atoms with Crippen LogP contribution in [0.15, 0.2) is 12.1 Å². The topological polar surface area (TPSA) is 52.6 Å². The fraction of sp³-hybridized carbons (Fsp3) is 0.500. The van der Waals surface area contributed by atoms with Crippen molar-refractivity contribution in [2.75, 3.05) is 7.11 Å². The molecule has 0 aromatic rings. The molecule has 0 aliphatic heterocycles. The Morgan fingerprint density at radius 1 is 1.46 bits per heavy atom. The van der Waals surface area contributed by atoms with Gasteiger partial charge in [0.05, 0.1) is 13.0 Å². The Morgan fingerprint density at radius 2 is 2.08 bits per heavy atom. The SMILES string of the molecule is COC(=O)C(F)=COC(=O)C1CC1. The highest BCUT2D eigenvalue weighted by Crippen LogP contribution is 2.30. The highest BCUT2D eigenvalue weighted by atomic mass is 19.1. The van der Waals surface area contributed by atoms with Crippen molar-refractivity contribution in [2.24, 2.45) is 5.92 Å². The van der Waals surface area contributed by atoms with Gasteiger partial charge in [-0.15, -0.1) is 0 Å². The first-order valence-electron chi connectivity index (χ1n) is 3.79. The van der Waals surface area contributed by atoms with Gasteiger partial charge in [0, 0.05) is 0 Å². The summed E-state index contributed by atoms with van der Waals surface area (Å²) in [4.78, 5) is 21.3. The largest absolute Gasteiger partial charge is 0.464 e. The van der Waals surface area contributed by atoms with Gasteiger partial charge in [-0.1, -0.05) is 0 Å². The molecule has 0 unspecified atom stereocenters. The van der Waals surface area contributed by atoms with Crippen molar-refractivity contribution in [3.8, 4) is 0 Å². The fourth-order valence-corrected chi connectivity index (χ4v) is 0.671. The van der Waals surface area contributed by atoms with Crippen LogP contribution in [-0.2, 0) is 19.1 Å². The first-order chi connectivity index (χ1) is 6.15. The summed E-state index contributed by atoms with van der Waals surface area (Å²) in [7, 11) is 1.04. The minimum Gasteiger partial charge on any atom is -0.464 e. The van der Waals surface area contributed by atoms with E-state index < -0.39 is 17.8 Å². The van der Waals surface area contributed by atoms with Gasteiger partial charge < -0.3 is 9.47 Å². The van der Waals surface area contributed by atoms with Gasteiger partial charge in [0.25, 0.3) is 0 Å². The zero-order valence-corrected chi connectivity index (χ0v) is 7.08. The normalized spacial score (nSPS) is 16.6. The standard InChI is InChI=1S/C8H9FO4/c1-12-8(11)6(9)4-13-7(10)5-2-3-5/h4-5H,2-3H2,1H3. The minimum atomic E-state index is -1.21. The number of carbonyl (C=O) groups is 2. The zero-order chi connectivity index (χ0) is 9.84. The van der Waals surface area contributed by atoms with E-state index in [1.54, 1.807) is 0 Å². The van der Waals surface area contributed by atoms with E-state index in [-0.39, 0.29) is 5.92 Å². The molecule has 4 nitrogen and oxygen atoms in total. The molecule has 1 fully saturated rings. The van der Waals surface area contributed by atoms with E-state index in [0.29, 0.717) is 6.26 Å². The zero-order valence-electron chi connectivity index (χ0n) is 7.08. The van der Waals surface area contributed by atoms with Gasteiger partial charge in [-0.25, -0.2) is 4.79 Å². The summed E-state index contributed by atoms with van der Waals surface area (Å²) < 4.78 is 21.0. The van der Waals surface area contributed by atoms with Crippen molar-refractivity contribution in [2.45, 2.75) is 12.8 Å². The molecule has 0 N–H and O–H groups in total. The van der Waals surface area contributed by atoms with Crippen molar-refractivity contribution in [3.63, 3.8) is 0 Å². The molecule has 0 radical (unpaired) electrons. The van der Waals surface area contributed by atoms with Crippen LogP contribution in [0.1, 0.15) is 12.8 Å². The Labute approximate surface area is 74.3 Å². The third-order valence-electron chi connectivity index (χ3n) is 1.57. The number of hydrogen-bond acceptors (Lipinski definition) is 4. The summed E-state index contributed by atoms with van der Waals surface area (Å²) in [5, 5.41) is 0. The van der Waals surface area contributed by atoms with Crippen LogP contribution in [0.5, 0.6) is 0 Å². The summed E-state index contributed by atoms with van der Waals surface area (Å²) >= 11 is 0. The van der Waals surface area contributed by atoms with E-state index in [0.717, 1.165) is 20.0 Å². The van der Waals surface area contributed by atoms with E-state index in [1.807, 2.05) is 0 Å². The summed E-state index contributed by atoms with van der Waals surface area (Å²) in [5.41, 5.74) is 0. The number of rotatable bonds is 3. The third-order valence-corrected chi connectivity index (χ3v) is 1.57. The third kappa shape index (κ3) is 2.85. The van der Waals surface area contributed by atoms with Crippen LogP contribution in [0, 0.1) is 5.92 Å².